The monoisotopic (exact) mass is 424 g/mol. The summed E-state index contributed by atoms with van der Waals surface area (Å²) in [4.78, 5) is 26.5. The van der Waals surface area contributed by atoms with Crippen LogP contribution >= 0.6 is 35.0 Å². The Bertz CT molecular complexity index is 767. The van der Waals surface area contributed by atoms with E-state index in [2.05, 4.69) is 5.32 Å². The molecule has 7 heteroatoms. The molecule has 0 aromatic heterocycles. The summed E-state index contributed by atoms with van der Waals surface area (Å²) < 4.78 is 0. The molecule has 0 spiro atoms. The van der Waals surface area contributed by atoms with E-state index < -0.39 is 6.04 Å². The number of amides is 2. The summed E-state index contributed by atoms with van der Waals surface area (Å²) in [5.41, 5.74) is 1.79. The standard InChI is InChI=1S/C20H22Cl2N2O2S/c1-14(20(26)23-2)24(11-16-17(21)9-6-10-18(16)22)19(25)13-27-12-15-7-4-3-5-8-15/h3-10,14H,11-13H2,1-2H3,(H,23,26)/t14-/m0/s1. The number of nitrogens with one attached hydrogen (secondary N) is 1. The summed E-state index contributed by atoms with van der Waals surface area (Å²) in [7, 11) is 1.55. The molecule has 2 aromatic rings. The van der Waals surface area contributed by atoms with Gasteiger partial charge in [-0.25, -0.2) is 0 Å². The van der Waals surface area contributed by atoms with Crippen LogP contribution in [0.15, 0.2) is 48.5 Å². The van der Waals surface area contributed by atoms with Crippen LogP contribution in [0, 0.1) is 0 Å². The molecule has 2 rings (SSSR count). The molecule has 1 atom stereocenters. The first-order chi connectivity index (χ1) is 12.9. The van der Waals surface area contributed by atoms with Gasteiger partial charge >= 0.3 is 0 Å². The number of carbonyl (C=O) groups is 2. The van der Waals surface area contributed by atoms with Crippen molar-refractivity contribution in [1.82, 2.24) is 10.2 Å². The summed E-state index contributed by atoms with van der Waals surface area (Å²) in [6.07, 6.45) is 0. The molecule has 1 N–H and O–H groups in total. The number of likely N-dealkylation sites (N-methyl/N-ethyl adjacent to an activating group) is 1. The van der Waals surface area contributed by atoms with Gasteiger partial charge in [-0.1, -0.05) is 59.6 Å². The summed E-state index contributed by atoms with van der Waals surface area (Å²) in [6, 6.07) is 14.5. The Morgan fingerprint density at radius 3 is 2.30 bits per heavy atom. The highest BCUT2D eigenvalue weighted by Gasteiger charge is 2.26. The summed E-state index contributed by atoms with van der Waals surface area (Å²) in [6.45, 7) is 1.88. The number of hydrogen-bond acceptors (Lipinski definition) is 3. The van der Waals surface area contributed by atoms with Crippen molar-refractivity contribution in [2.75, 3.05) is 12.8 Å². The Labute approximate surface area is 174 Å². The Morgan fingerprint density at radius 1 is 1.07 bits per heavy atom. The van der Waals surface area contributed by atoms with Crippen molar-refractivity contribution in [1.29, 1.82) is 0 Å². The number of hydrogen-bond donors (Lipinski definition) is 1. The summed E-state index contributed by atoms with van der Waals surface area (Å²) in [5.74, 6) is 0.613. The third-order valence-corrected chi connectivity index (χ3v) is 5.84. The molecule has 0 bridgehead atoms. The van der Waals surface area contributed by atoms with Gasteiger partial charge in [-0.15, -0.1) is 11.8 Å². The number of carbonyl (C=O) groups excluding carboxylic acids is 2. The molecule has 27 heavy (non-hydrogen) atoms. The van der Waals surface area contributed by atoms with E-state index in [1.165, 1.54) is 16.7 Å². The third kappa shape index (κ3) is 6.16. The minimum absolute atomic E-state index is 0.136. The van der Waals surface area contributed by atoms with E-state index in [9.17, 15) is 9.59 Å². The van der Waals surface area contributed by atoms with Crippen LogP contribution in [0.4, 0.5) is 0 Å². The molecule has 0 fully saturated rings. The highest BCUT2D eigenvalue weighted by molar-refractivity contribution is 7.99. The van der Waals surface area contributed by atoms with Crippen molar-refractivity contribution in [3.63, 3.8) is 0 Å². The van der Waals surface area contributed by atoms with E-state index in [0.29, 0.717) is 15.6 Å². The Balaban J connectivity index is 2.11. The maximum absolute atomic E-state index is 12.9. The lowest BCUT2D eigenvalue weighted by Gasteiger charge is -2.29. The first-order valence-electron chi connectivity index (χ1n) is 8.49. The lowest BCUT2D eigenvalue weighted by molar-refractivity contribution is -0.138. The van der Waals surface area contributed by atoms with Crippen molar-refractivity contribution >= 4 is 46.8 Å². The zero-order valence-electron chi connectivity index (χ0n) is 15.2. The van der Waals surface area contributed by atoms with Gasteiger partial charge in [0.25, 0.3) is 0 Å². The van der Waals surface area contributed by atoms with Crippen LogP contribution in [0.2, 0.25) is 10.0 Å². The van der Waals surface area contributed by atoms with Gasteiger partial charge in [0.2, 0.25) is 11.8 Å². The van der Waals surface area contributed by atoms with Crippen molar-refractivity contribution in [3.05, 3.63) is 69.7 Å². The van der Waals surface area contributed by atoms with Crippen molar-refractivity contribution in [3.8, 4) is 0 Å². The largest absolute Gasteiger partial charge is 0.357 e. The average molecular weight is 425 g/mol. The molecule has 0 aliphatic heterocycles. The Morgan fingerprint density at radius 2 is 1.70 bits per heavy atom. The molecule has 0 saturated carbocycles. The van der Waals surface area contributed by atoms with E-state index in [1.54, 1.807) is 32.2 Å². The van der Waals surface area contributed by atoms with Crippen LogP contribution in [-0.4, -0.2) is 35.6 Å². The average Bonchev–Trinajstić information content (AvgIpc) is 2.67. The van der Waals surface area contributed by atoms with E-state index in [0.717, 1.165) is 11.3 Å². The van der Waals surface area contributed by atoms with Crippen LogP contribution in [0.5, 0.6) is 0 Å². The molecule has 2 aromatic carbocycles. The van der Waals surface area contributed by atoms with Gasteiger partial charge in [0.05, 0.1) is 5.75 Å². The van der Waals surface area contributed by atoms with Gasteiger partial charge < -0.3 is 10.2 Å². The summed E-state index contributed by atoms with van der Waals surface area (Å²) >= 11 is 14.0. The molecule has 0 unspecified atom stereocenters. The number of thioether (sulfide) groups is 1. The normalized spacial score (nSPS) is 11.7. The van der Waals surface area contributed by atoms with E-state index in [4.69, 9.17) is 23.2 Å². The van der Waals surface area contributed by atoms with Gasteiger partial charge in [0, 0.05) is 35.0 Å². The molecule has 0 aliphatic rings. The van der Waals surface area contributed by atoms with Gasteiger partial charge in [-0.05, 0) is 24.6 Å². The zero-order valence-corrected chi connectivity index (χ0v) is 17.6. The molecule has 0 radical (unpaired) electrons. The van der Waals surface area contributed by atoms with Gasteiger partial charge in [0.1, 0.15) is 6.04 Å². The minimum Gasteiger partial charge on any atom is -0.357 e. The summed E-state index contributed by atoms with van der Waals surface area (Å²) in [5, 5.41) is 3.54. The highest BCUT2D eigenvalue weighted by Crippen LogP contribution is 2.27. The number of benzene rings is 2. The molecule has 0 heterocycles. The minimum atomic E-state index is -0.632. The predicted octanol–water partition coefficient (Wildman–Crippen LogP) is 4.39. The fraction of sp³-hybridized carbons (Fsp3) is 0.300. The van der Waals surface area contributed by atoms with Gasteiger partial charge in [-0.2, -0.15) is 0 Å². The lowest BCUT2D eigenvalue weighted by Crippen LogP contribution is -2.47. The van der Waals surface area contributed by atoms with Crippen molar-refractivity contribution in [2.45, 2.75) is 25.3 Å². The second-order valence-corrected chi connectivity index (χ2v) is 7.79. The van der Waals surface area contributed by atoms with Crippen LogP contribution in [0.1, 0.15) is 18.1 Å². The smallest absolute Gasteiger partial charge is 0.242 e. The Kier molecular flexibility index (Phi) is 8.48. The third-order valence-electron chi connectivity index (χ3n) is 4.14. The van der Waals surface area contributed by atoms with Crippen molar-refractivity contribution < 1.29 is 9.59 Å². The van der Waals surface area contributed by atoms with Crippen molar-refractivity contribution in [2.24, 2.45) is 0 Å². The molecular formula is C20H22Cl2N2O2S. The first-order valence-corrected chi connectivity index (χ1v) is 10.4. The number of halogens is 2. The van der Waals surface area contributed by atoms with Gasteiger partial charge in [-0.3, -0.25) is 9.59 Å². The maximum atomic E-state index is 12.9. The second kappa shape index (κ2) is 10.6. The maximum Gasteiger partial charge on any atom is 0.242 e. The van der Waals surface area contributed by atoms with Crippen LogP contribution in [-0.2, 0) is 21.9 Å². The SMILES string of the molecule is CNC(=O)[C@H](C)N(Cc1c(Cl)cccc1Cl)C(=O)CSCc1ccccc1. The second-order valence-electron chi connectivity index (χ2n) is 5.99. The first kappa shape index (κ1) is 21.6. The van der Waals surface area contributed by atoms with Crippen LogP contribution < -0.4 is 5.32 Å². The highest BCUT2D eigenvalue weighted by atomic mass is 35.5. The number of nitrogens with zero attached hydrogens (tertiary/aromatic N) is 1. The topological polar surface area (TPSA) is 49.4 Å². The van der Waals surface area contributed by atoms with Crippen LogP contribution in [0.3, 0.4) is 0 Å². The van der Waals surface area contributed by atoms with E-state index >= 15 is 0 Å². The molecule has 144 valence electrons. The fourth-order valence-corrected chi connectivity index (χ4v) is 3.95. The molecule has 2 amide bonds. The van der Waals surface area contributed by atoms with E-state index in [-0.39, 0.29) is 24.1 Å². The van der Waals surface area contributed by atoms with Crippen LogP contribution in [0.25, 0.3) is 0 Å². The molecule has 0 aliphatic carbocycles. The number of rotatable bonds is 8. The molecule has 0 saturated heterocycles. The fourth-order valence-electron chi connectivity index (χ4n) is 2.56. The predicted molar refractivity (Wildman–Crippen MR) is 113 cm³/mol. The molecular weight excluding hydrogens is 403 g/mol. The van der Waals surface area contributed by atoms with Gasteiger partial charge in [0.15, 0.2) is 0 Å². The zero-order chi connectivity index (χ0) is 19.8. The van der Waals surface area contributed by atoms with E-state index in [1.807, 2.05) is 30.3 Å². The lowest BCUT2D eigenvalue weighted by atomic mass is 10.1. The Hall–Kier alpha value is -1.69. The quantitative estimate of drug-likeness (QED) is 0.683. The molecule has 4 nitrogen and oxygen atoms in total.